The van der Waals surface area contributed by atoms with Crippen molar-refractivity contribution in [3.8, 4) is 0 Å². The fourth-order valence-corrected chi connectivity index (χ4v) is 2.17. The van der Waals surface area contributed by atoms with Gasteiger partial charge in [0.1, 0.15) is 16.4 Å². The molecule has 96 valence electrons. The van der Waals surface area contributed by atoms with Gasteiger partial charge in [-0.05, 0) is 6.07 Å². The summed E-state index contributed by atoms with van der Waals surface area (Å²) < 4.78 is 27.4. The number of amides is 1. The molecule has 0 bridgehead atoms. The molecule has 0 atom stereocenters. The molecule has 2 aromatic rings. The zero-order valence-electron chi connectivity index (χ0n) is 9.43. The number of carbonyl (C=O) groups is 1. The number of thiazole rings is 1. The Bertz CT molecular complexity index is 572. The predicted molar refractivity (Wildman–Crippen MR) is 61.5 cm³/mol. The second kappa shape index (κ2) is 4.45. The molecule has 0 spiro atoms. The standard InChI is InChI=1S/C10H10F2N4OS/c1-10(11,12)7-5-18-8(14-7)4-16-3-2-6(15-16)9(13)17/h2-3,5H,4H2,1H3,(H2,13,17). The van der Waals surface area contributed by atoms with E-state index >= 15 is 0 Å². The Morgan fingerprint density at radius 2 is 2.33 bits per heavy atom. The van der Waals surface area contributed by atoms with Crippen molar-refractivity contribution in [1.29, 1.82) is 0 Å². The molecule has 8 heteroatoms. The molecule has 0 aliphatic carbocycles. The Morgan fingerprint density at radius 1 is 1.61 bits per heavy atom. The number of carbonyl (C=O) groups excluding carboxylic acids is 1. The van der Waals surface area contributed by atoms with Crippen LogP contribution in [0.5, 0.6) is 0 Å². The molecule has 0 unspecified atom stereocenters. The molecule has 0 fully saturated rings. The maximum Gasteiger partial charge on any atom is 0.287 e. The summed E-state index contributed by atoms with van der Waals surface area (Å²) in [5.41, 5.74) is 4.93. The highest BCUT2D eigenvalue weighted by atomic mass is 32.1. The molecule has 1 amide bonds. The molecule has 0 saturated heterocycles. The predicted octanol–water partition coefficient (Wildman–Crippen LogP) is 1.60. The van der Waals surface area contributed by atoms with E-state index in [4.69, 9.17) is 5.73 Å². The quantitative estimate of drug-likeness (QED) is 0.918. The van der Waals surface area contributed by atoms with Crippen LogP contribution in [0.2, 0.25) is 0 Å². The smallest absolute Gasteiger partial charge is 0.287 e. The van der Waals surface area contributed by atoms with Gasteiger partial charge in [-0.3, -0.25) is 9.48 Å². The Hall–Kier alpha value is -1.83. The number of halogens is 2. The normalized spacial score (nSPS) is 11.7. The van der Waals surface area contributed by atoms with Crippen molar-refractivity contribution >= 4 is 17.2 Å². The van der Waals surface area contributed by atoms with Gasteiger partial charge in [-0.15, -0.1) is 11.3 Å². The van der Waals surface area contributed by atoms with Crippen molar-refractivity contribution in [3.63, 3.8) is 0 Å². The maximum atomic E-state index is 13.0. The largest absolute Gasteiger partial charge is 0.364 e. The van der Waals surface area contributed by atoms with Gasteiger partial charge in [0.25, 0.3) is 11.8 Å². The minimum atomic E-state index is -2.95. The number of alkyl halides is 2. The first-order chi connectivity index (χ1) is 8.36. The molecule has 2 heterocycles. The summed E-state index contributed by atoms with van der Waals surface area (Å²) >= 11 is 1.12. The van der Waals surface area contributed by atoms with E-state index in [2.05, 4.69) is 10.1 Å². The van der Waals surface area contributed by atoms with Crippen molar-refractivity contribution in [3.05, 3.63) is 34.0 Å². The summed E-state index contributed by atoms with van der Waals surface area (Å²) in [6, 6.07) is 1.46. The monoisotopic (exact) mass is 272 g/mol. The van der Waals surface area contributed by atoms with Gasteiger partial charge in [0, 0.05) is 18.5 Å². The van der Waals surface area contributed by atoms with E-state index in [1.807, 2.05) is 0 Å². The molecule has 2 N–H and O–H groups in total. The van der Waals surface area contributed by atoms with Crippen LogP contribution in [-0.2, 0) is 12.5 Å². The topological polar surface area (TPSA) is 73.8 Å². The second-order valence-electron chi connectivity index (χ2n) is 3.78. The number of nitrogens with zero attached hydrogens (tertiary/aromatic N) is 3. The van der Waals surface area contributed by atoms with Crippen LogP contribution in [-0.4, -0.2) is 20.7 Å². The van der Waals surface area contributed by atoms with Gasteiger partial charge in [0.15, 0.2) is 0 Å². The molecule has 2 rings (SSSR count). The van der Waals surface area contributed by atoms with Crippen molar-refractivity contribution in [1.82, 2.24) is 14.8 Å². The Balaban J connectivity index is 2.14. The summed E-state index contributed by atoms with van der Waals surface area (Å²) in [5.74, 6) is -3.58. The third-order valence-corrected chi connectivity index (χ3v) is 3.03. The summed E-state index contributed by atoms with van der Waals surface area (Å²) in [6.07, 6.45) is 1.55. The van der Waals surface area contributed by atoms with E-state index < -0.39 is 11.8 Å². The number of nitrogens with two attached hydrogens (primary N) is 1. The average Bonchev–Trinajstić information content (AvgIpc) is 2.85. The zero-order chi connectivity index (χ0) is 13.3. The van der Waals surface area contributed by atoms with E-state index in [9.17, 15) is 13.6 Å². The lowest BCUT2D eigenvalue weighted by molar-refractivity contribution is 0.0132. The fraction of sp³-hybridized carbons (Fsp3) is 0.300. The second-order valence-corrected chi connectivity index (χ2v) is 4.72. The van der Waals surface area contributed by atoms with Crippen molar-refractivity contribution in [2.24, 2.45) is 5.73 Å². The number of primary amides is 1. The number of hydrogen-bond donors (Lipinski definition) is 1. The van der Waals surface area contributed by atoms with Gasteiger partial charge in [-0.25, -0.2) is 4.98 Å². The summed E-state index contributed by atoms with van der Waals surface area (Å²) in [5, 5.41) is 5.70. The lowest BCUT2D eigenvalue weighted by Crippen LogP contribution is -2.13. The molecule has 0 saturated carbocycles. The van der Waals surface area contributed by atoms with Gasteiger partial charge >= 0.3 is 0 Å². The highest BCUT2D eigenvalue weighted by molar-refractivity contribution is 7.09. The van der Waals surface area contributed by atoms with E-state index in [0.717, 1.165) is 18.3 Å². The Morgan fingerprint density at radius 3 is 2.83 bits per heavy atom. The van der Waals surface area contributed by atoms with Gasteiger partial charge in [0.2, 0.25) is 0 Å². The average molecular weight is 272 g/mol. The van der Waals surface area contributed by atoms with Crippen molar-refractivity contribution in [2.45, 2.75) is 19.4 Å². The molecule has 0 aromatic carbocycles. The first-order valence-corrected chi connectivity index (χ1v) is 5.90. The number of hydrogen-bond acceptors (Lipinski definition) is 4. The molecule has 5 nitrogen and oxygen atoms in total. The SMILES string of the molecule is CC(F)(F)c1csc(Cn2ccc(C(N)=O)n2)n1. The van der Waals surface area contributed by atoms with Crippen LogP contribution in [0.15, 0.2) is 17.6 Å². The van der Waals surface area contributed by atoms with Gasteiger partial charge in [-0.2, -0.15) is 13.9 Å². The first kappa shape index (κ1) is 12.6. The van der Waals surface area contributed by atoms with Gasteiger partial charge in [0.05, 0.1) is 6.54 Å². The molecule has 18 heavy (non-hydrogen) atoms. The molecular weight excluding hydrogens is 262 g/mol. The van der Waals surface area contributed by atoms with Crippen molar-refractivity contribution < 1.29 is 13.6 Å². The summed E-state index contributed by atoms with van der Waals surface area (Å²) in [7, 11) is 0. The Labute approximate surface area is 105 Å². The van der Waals surface area contributed by atoms with Crippen LogP contribution in [0.25, 0.3) is 0 Å². The molecular formula is C10H10F2N4OS. The van der Waals surface area contributed by atoms with E-state index in [1.165, 1.54) is 16.1 Å². The minimum Gasteiger partial charge on any atom is -0.364 e. The molecule has 0 radical (unpaired) electrons. The summed E-state index contributed by atoms with van der Waals surface area (Å²) in [4.78, 5) is 14.7. The van der Waals surface area contributed by atoms with Crippen molar-refractivity contribution in [2.75, 3.05) is 0 Å². The molecule has 2 aromatic heterocycles. The fourth-order valence-electron chi connectivity index (χ4n) is 1.30. The third kappa shape index (κ3) is 2.70. The maximum absolute atomic E-state index is 13.0. The van der Waals surface area contributed by atoms with Gasteiger partial charge in [-0.1, -0.05) is 0 Å². The highest BCUT2D eigenvalue weighted by Crippen LogP contribution is 2.28. The van der Waals surface area contributed by atoms with E-state index in [0.29, 0.717) is 5.01 Å². The number of aromatic nitrogens is 3. The Kier molecular flexibility index (Phi) is 3.12. The summed E-state index contributed by atoms with van der Waals surface area (Å²) in [6.45, 7) is 1.03. The van der Waals surface area contributed by atoms with Crippen LogP contribution in [0.3, 0.4) is 0 Å². The third-order valence-electron chi connectivity index (χ3n) is 2.19. The van der Waals surface area contributed by atoms with Crippen LogP contribution < -0.4 is 5.73 Å². The van der Waals surface area contributed by atoms with E-state index in [1.54, 1.807) is 6.20 Å². The van der Waals surface area contributed by atoms with E-state index in [-0.39, 0.29) is 17.9 Å². The van der Waals surface area contributed by atoms with Crippen LogP contribution in [0.4, 0.5) is 8.78 Å². The van der Waals surface area contributed by atoms with Crippen LogP contribution in [0.1, 0.15) is 28.1 Å². The lowest BCUT2D eigenvalue weighted by Gasteiger charge is -2.04. The molecule has 0 aliphatic rings. The van der Waals surface area contributed by atoms with Crippen LogP contribution >= 0.6 is 11.3 Å². The molecule has 0 aliphatic heterocycles. The first-order valence-electron chi connectivity index (χ1n) is 5.02. The number of rotatable bonds is 4. The minimum absolute atomic E-state index is 0.132. The van der Waals surface area contributed by atoms with Crippen LogP contribution in [0, 0.1) is 0 Å². The zero-order valence-corrected chi connectivity index (χ0v) is 10.2. The van der Waals surface area contributed by atoms with Gasteiger partial charge < -0.3 is 5.73 Å². The lowest BCUT2D eigenvalue weighted by atomic mass is 10.3. The highest BCUT2D eigenvalue weighted by Gasteiger charge is 2.27.